The molecule has 5 nitrogen and oxygen atoms in total. The van der Waals surface area contributed by atoms with Gasteiger partial charge in [-0.25, -0.2) is 0 Å². The minimum Gasteiger partial charge on any atom is -0.389 e. The zero-order chi connectivity index (χ0) is 12.8. The van der Waals surface area contributed by atoms with E-state index in [0.717, 1.165) is 0 Å². The van der Waals surface area contributed by atoms with Gasteiger partial charge in [-0.15, -0.1) is 0 Å². The van der Waals surface area contributed by atoms with E-state index in [9.17, 15) is 9.90 Å². The molecule has 0 radical (unpaired) electrons. The standard InChI is InChI=1S/C11H24N2O3/c1-11(2,12)6-5-10(15)13(3)7-9(14)8-16-4/h9,14H,5-8,12H2,1-4H3. The van der Waals surface area contributed by atoms with Crippen molar-refractivity contribution in [3.8, 4) is 0 Å². The lowest BCUT2D eigenvalue weighted by Crippen LogP contribution is -2.38. The minimum atomic E-state index is -0.634. The van der Waals surface area contributed by atoms with E-state index in [2.05, 4.69) is 0 Å². The van der Waals surface area contributed by atoms with Gasteiger partial charge in [0.05, 0.1) is 12.7 Å². The Bertz CT molecular complexity index is 214. The lowest BCUT2D eigenvalue weighted by molar-refractivity contribution is -0.131. The van der Waals surface area contributed by atoms with E-state index < -0.39 is 6.10 Å². The Labute approximate surface area is 97.6 Å². The lowest BCUT2D eigenvalue weighted by atomic mass is 10.00. The van der Waals surface area contributed by atoms with Crippen LogP contribution in [-0.4, -0.2) is 54.9 Å². The molecule has 1 amide bonds. The summed E-state index contributed by atoms with van der Waals surface area (Å²) in [5, 5.41) is 9.45. The highest BCUT2D eigenvalue weighted by atomic mass is 16.5. The molecule has 0 saturated heterocycles. The normalized spacial score (nSPS) is 13.6. The maximum atomic E-state index is 11.6. The molecule has 0 saturated carbocycles. The number of carbonyl (C=O) groups excluding carboxylic acids is 1. The molecule has 16 heavy (non-hydrogen) atoms. The number of amides is 1. The number of likely N-dealkylation sites (N-methyl/N-ethyl adjacent to an activating group) is 1. The molecule has 96 valence electrons. The van der Waals surface area contributed by atoms with Crippen LogP contribution in [0, 0.1) is 0 Å². The maximum absolute atomic E-state index is 11.6. The van der Waals surface area contributed by atoms with Crippen LogP contribution in [0.5, 0.6) is 0 Å². The van der Waals surface area contributed by atoms with Gasteiger partial charge in [-0.1, -0.05) is 0 Å². The fraction of sp³-hybridized carbons (Fsp3) is 0.909. The Morgan fingerprint density at radius 3 is 2.56 bits per heavy atom. The van der Waals surface area contributed by atoms with E-state index in [1.807, 2.05) is 13.8 Å². The van der Waals surface area contributed by atoms with Crippen molar-refractivity contribution >= 4 is 5.91 Å². The number of aliphatic hydroxyl groups is 1. The number of ether oxygens (including phenoxy) is 1. The van der Waals surface area contributed by atoms with E-state index in [-0.39, 0.29) is 24.6 Å². The number of methoxy groups -OCH3 is 1. The molecule has 1 atom stereocenters. The second kappa shape index (κ2) is 6.83. The van der Waals surface area contributed by atoms with E-state index in [1.54, 1.807) is 7.05 Å². The third-order valence-corrected chi connectivity index (χ3v) is 2.25. The van der Waals surface area contributed by atoms with Crippen LogP contribution in [0.15, 0.2) is 0 Å². The third kappa shape index (κ3) is 7.62. The molecular weight excluding hydrogens is 208 g/mol. The number of hydrogen-bond donors (Lipinski definition) is 2. The van der Waals surface area contributed by atoms with Gasteiger partial charge >= 0.3 is 0 Å². The zero-order valence-electron chi connectivity index (χ0n) is 10.7. The SMILES string of the molecule is COCC(O)CN(C)C(=O)CCC(C)(C)N. The van der Waals surface area contributed by atoms with Gasteiger partial charge in [-0.2, -0.15) is 0 Å². The zero-order valence-corrected chi connectivity index (χ0v) is 10.7. The minimum absolute atomic E-state index is 0.00585. The van der Waals surface area contributed by atoms with Gasteiger partial charge in [-0.3, -0.25) is 4.79 Å². The average Bonchev–Trinajstić information content (AvgIpc) is 2.13. The second-order valence-electron chi connectivity index (χ2n) is 4.87. The van der Waals surface area contributed by atoms with Gasteiger partial charge in [0.15, 0.2) is 0 Å². The van der Waals surface area contributed by atoms with E-state index >= 15 is 0 Å². The number of carbonyl (C=O) groups is 1. The molecule has 0 aliphatic heterocycles. The van der Waals surface area contributed by atoms with Crippen molar-refractivity contribution in [1.82, 2.24) is 4.90 Å². The monoisotopic (exact) mass is 232 g/mol. The van der Waals surface area contributed by atoms with E-state index in [4.69, 9.17) is 10.5 Å². The quantitative estimate of drug-likeness (QED) is 0.646. The van der Waals surface area contributed by atoms with Gasteiger partial charge in [0.2, 0.25) is 5.91 Å². The fourth-order valence-corrected chi connectivity index (χ4v) is 1.28. The molecule has 0 bridgehead atoms. The Morgan fingerprint density at radius 2 is 2.12 bits per heavy atom. The van der Waals surface area contributed by atoms with Crippen LogP contribution < -0.4 is 5.73 Å². The molecule has 0 aliphatic carbocycles. The predicted octanol–water partition coefficient (Wildman–Crippen LogP) is -0.0304. The van der Waals surface area contributed by atoms with Crippen molar-refractivity contribution in [2.75, 3.05) is 27.3 Å². The number of hydrogen-bond acceptors (Lipinski definition) is 4. The first-order chi connectivity index (χ1) is 7.26. The lowest BCUT2D eigenvalue weighted by Gasteiger charge is -2.23. The van der Waals surface area contributed by atoms with Crippen LogP contribution in [-0.2, 0) is 9.53 Å². The van der Waals surface area contributed by atoms with Crippen LogP contribution in [0.3, 0.4) is 0 Å². The first kappa shape index (κ1) is 15.3. The Morgan fingerprint density at radius 1 is 1.56 bits per heavy atom. The molecule has 0 aromatic rings. The summed E-state index contributed by atoms with van der Waals surface area (Å²) in [4.78, 5) is 13.2. The van der Waals surface area contributed by atoms with Crippen molar-refractivity contribution < 1.29 is 14.6 Å². The van der Waals surface area contributed by atoms with Crippen LogP contribution in [0.2, 0.25) is 0 Å². The molecular formula is C11H24N2O3. The van der Waals surface area contributed by atoms with E-state index in [1.165, 1.54) is 12.0 Å². The highest BCUT2D eigenvalue weighted by molar-refractivity contribution is 5.75. The number of rotatable bonds is 7. The summed E-state index contributed by atoms with van der Waals surface area (Å²) in [6.07, 6.45) is 0.404. The van der Waals surface area contributed by atoms with Crippen LogP contribution in [0.1, 0.15) is 26.7 Å². The first-order valence-electron chi connectivity index (χ1n) is 5.46. The number of nitrogens with two attached hydrogens (primary N) is 1. The number of nitrogens with zero attached hydrogens (tertiary/aromatic N) is 1. The Balaban J connectivity index is 3.90. The van der Waals surface area contributed by atoms with Gasteiger partial charge in [0.1, 0.15) is 0 Å². The van der Waals surface area contributed by atoms with Crippen LogP contribution in [0.4, 0.5) is 0 Å². The molecule has 0 rings (SSSR count). The first-order valence-corrected chi connectivity index (χ1v) is 5.46. The van der Waals surface area contributed by atoms with Crippen LogP contribution >= 0.6 is 0 Å². The molecule has 0 aromatic heterocycles. The Kier molecular flexibility index (Phi) is 6.55. The smallest absolute Gasteiger partial charge is 0.222 e. The maximum Gasteiger partial charge on any atom is 0.222 e. The second-order valence-corrected chi connectivity index (χ2v) is 4.87. The summed E-state index contributed by atoms with van der Waals surface area (Å²) in [7, 11) is 3.19. The van der Waals surface area contributed by atoms with Gasteiger partial charge in [-0.05, 0) is 20.3 Å². The topological polar surface area (TPSA) is 75.8 Å². The molecule has 0 spiro atoms. The van der Waals surface area contributed by atoms with Crippen molar-refractivity contribution in [1.29, 1.82) is 0 Å². The summed E-state index contributed by atoms with van der Waals surface area (Å²) in [5.41, 5.74) is 5.46. The molecule has 0 fully saturated rings. The van der Waals surface area contributed by atoms with Crippen molar-refractivity contribution in [3.63, 3.8) is 0 Å². The van der Waals surface area contributed by atoms with Crippen molar-refractivity contribution in [2.24, 2.45) is 5.73 Å². The Hall–Kier alpha value is -0.650. The number of aliphatic hydroxyl groups excluding tert-OH is 1. The summed E-state index contributed by atoms with van der Waals surface area (Å²) in [5.74, 6) is -0.00585. The highest BCUT2D eigenvalue weighted by Gasteiger charge is 2.17. The predicted molar refractivity (Wildman–Crippen MR) is 63.0 cm³/mol. The van der Waals surface area contributed by atoms with Crippen molar-refractivity contribution in [3.05, 3.63) is 0 Å². The molecule has 1 unspecified atom stereocenters. The molecule has 0 heterocycles. The molecule has 3 N–H and O–H groups in total. The summed E-state index contributed by atoms with van der Waals surface area (Å²) in [6, 6.07) is 0. The molecule has 0 aromatic carbocycles. The molecule has 5 heteroatoms. The summed E-state index contributed by atoms with van der Waals surface area (Å²) >= 11 is 0. The van der Waals surface area contributed by atoms with Gasteiger partial charge < -0.3 is 20.5 Å². The van der Waals surface area contributed by atoms with Crippen molar-refractivity contribution in [2.45, 2.75) is 38.3 Å². The fourth-order valence-electron chi connectivity index (χ4n) is 1.28. The summed E-state index contributed by atoms with van der Waals surface area (Å²) in [6.45, 7) is 4.30. The largest absolute Gasteiger partial charge is 0.389 e. The average molecular weight is 232 g/mol. The third-order valence-electron chi connectivity index (χ3n) is 2.25. The summed E-state index contributed by atoms with van der Waals surface area (Å²) < 4.78 is 4.79. The van der Waals surface area contributed by atoms with Gasteiger partial charge in [0, 0.05) is 32.7 Å². The molecule has 0 aliphatic rings. The van der Waals surface area contributed by atoms with E-state index in [0.29, 0.717) is 12.8 Å². The van der Waals surface area contributed by atoms with Crippen LogP contribution in [0.25, 0.3) is 0 Å². The highest BCUT2D eigenvalue weighted by Crippen LogP contribution is 2.08. The van der Waals surface area contributed by atoms with Gasteiger partial charge in [0.25, 0.3) is 0 Å².